The Bertz CT molecular complexity index is 923. The van der Waals surface area contributed by atoms with Crippen molar-refractivity contribution in [2.24, 2.45) is 0 Å². The Morgan fingerprint density at radius 1 is 1.12 bits per heavy atom. The molecule has 0 radical (unpaired) electrons. The predicted molar refractivity (Wildman–Crippen MR) is 88.6 cm³/mol. The summed E-state index contributed by atoms with van der Waals surface area (Å²) in [7, 11) is 0. The van der Waals surface area contributed by atoms with E-state index in [4.69, 9.17) is 4.52 Å². The van der Waals surface area contributed by atoms with Gasteiger partial charge in [0.15, 0.2) is 0 Å². The molecule has 132 valence electrons. The summed E-state index contributed by atoms with van der Waals surface area (Å²) in [4.78, 5) is 18.2. The molecule has 5 nitrogen and oxygen atoms in total. The lowest BCUT2D eigenvalue weighted by atomic mass is 10.1. The van der Waals surface area contributed by atoms with E-state index in [-0.39, 0.29) is 12.5 Å². The van der Waals surface area contributed by atoms with Crippen LogP contribution in [0.3, 0.4) is 0 Å². The maximum atomic E-state index is 13.4. The molecule has 4 rings (SSSR count). The summed E-state index contributed by atoms with van der Waals surface area (Å²) in [5.74, 6) is -0.692. The molecule has 0 N–H and O–H groups in total. The van der Waals surface area contributed by atoms with Gasteiger partial charge in [-0.1, -0.05) is 35.5 Å². The summed E-state index contributed by atoms with van der Waals surface area (Å²) in [6.07, 6.45) is 0.846. The second-order valence-corrected chi connectivity index (χ2v) is 6.18. The minimum absolute atomic E-state index is 0.0846. The van der Waals surface area contributed by atoms with Gasteiger partial charge in [-0.25, -0.2) is 8.78 Å². The van der Waals surface area contributed by atoms with Gasteiger partial charge in [-0.3, -0.25) is 4.79 Å². The number of aromatic nitrogens is 2. The first kappa shape index (κ1) is 16.4. The number of likely N-dealkylation sites (tertiary alicyclic amines) is 1. The van der Waals surface area contributed by atoms with Crippen molar-refractivity contribution in [3.63, 3.8) is 0 Å². The Hall–Kier alpha value is -3.09. The van der Waals surface area contributed by atoms with Crippen molar-refractivity contribution in [3.05, 3.63) is 71.6 Å². The van der Waals surface area contributed by atoms with Crippen LogP contribution in [0.15, 0.2) is 53.1 Å². The van der Waals surface area contributed by atoms with Crippen molar-refractivity contribution in [3.8, 4) is 11.4 Å². The van der Waals surface area contributed by atoms with Crippen LogP contribution in [0.1, 0.15) is 30.3 Å². The zero-order valence-corrected chi connectivity index (χ0v) is 13.7. The Kier molecular flexibility index (Phi) is 4.20. The molecule has 7 heteroatoms. The third kappa shape index (κ3) is 3.20. The minimum Gasteiger partial charge on any atom is -0.337 e. The molecule has 1 aromatic heterocycles. The third-order valence-corrected chi connectivity index (χ3v) is 4.36. The van der Waals surface area contributed by atoms with Gasteiger partial charge in [-0.15, -0.1) is 0 Å². The van der Waals surface area contributed by atoms with Crippen molar-refractivity contribution in [1.82, 2.24) is 15.0 Å². The van der Waals surface area contributed by atoms with Gasteiger partial charge in [-0.05, 0) is 24.1 Å². The van der Waals surface area contributed by atoms with Gasteiger partial charge in [-0.2, -0.15) is 4.98 Å². The highest BCUT2D eigenvalue weighted by atomic mass is 19.1. The number of rotatable bonds is 4. The van der Waals surface area contributed by atoms with Gasteiger partial charge >= 0.3 is 0 Å². The molecule has 3 aromatic rings. The van der Waals surface area contributed by atoms with E-state index < -0.39 is 17.7 Å². The highest BCUT2D eigenvalue weighted by molar-refractivity contribution is 5.78. The first-order valence-corrected chi connectivity index (χ1v) is 8.23. The van der Waals surface area contributed by atoms with Crippen LogP contribution >= 0.6 is 0 Å². The monoisotopic (exact) mass is 355 g/mol. The molecule has 1 amide bonds. The summed E-state index contributed by atoms with van der Waals surface area (Å²) in [6.45, 7) is 0.0846. The van der Waals surface area contributed by atoms with E-state index in [1.807, 2.05) is 30.3 Å². The SMILES string of the molecule is O=C1CCC(c2nc(-c3ccccc3)no2)N1Cc1cc(F)cc(F)c1. The average Bonchev–Trinajstić information content (AvgIpc) is 3.23. The van der Waals surface area contributed by atoms with Crippen molar-refractivity contribution in [2.45, 2.75) is 25.4 Å². The molecule has 1 saturated heterocycles. The molecule has 0 saturated carbocycles. The van der Waals surface area contributed by atoms with Crippen LogP contribution < -0.4 is 0 Å². The van der Waals surface area contributed by atoms with Crippen molar-refractivity contribution in [1.29, 1.82) is 0 Å². The summed E-state index contributed by atoms with van der Waals surface area (Å²) in [5.41, 5.74) is 1.19. The largest absolute Gasteiger partial charge is 0.337 e. The maximum absolute atomic E-state index is 13.4. The van der Waals surface area contributed by atoms with Gasteiger partial charge in [0, 0.05) is 24.6 Å². The molecule has 1 unspecified atom stereocenters. The zero-order chi connectivity index (χ0) is 18.1. The van der Waals surface area contributed by atoms with Gasteiger partial charge in [0.2, 0.25) is 17.6 Å². The van der Waals surface area contributed by atoms with Crippen LogP contribution in [0.25, 0.3) is 11.4 Å². The van der Waals surface area contributed by atoms with Crippen LogP contribution in [0.4, 0.5) is 8.78 Å². The van der Waals surface area contributed by atoms with Crippen molar-refractivity contribution < 1.29 is 18.1 Å². The number of hydrogen-bond donors (Lipinski definition) is 0. The first-order chi connectivity index (χ1) is 12.6. The van der Waals surface area contributed by atoms with Crippen LogP contribution in [-0.4, -0.2) is 20.9 Å². The molecule has 2 aromatic carbocycles. The molecule has 1 aliphatic heterocycles. The fourth-order valence-corrected chi connectivity index (χ4v) is 3.16. The Labute approximate surface area is 148 Å². The van der Waals surface area contributed by atoms with E-state index >= 15 is 0 Å². The summed E-state index contributed by atoms with van der Waals surface area (Å²) >= 11 is 0. The van der Waals surface area contributed by atoms with Gasteiger partial charge < -0.3 is 9.42 Å². The lowest BCUT2D eigenvalue weighted by molar-refractivity contribution is -0.130. The van der Waals surface area contributed by atoms with Crippen LogP contribution in [-0.2, 0) is 11.3 Å². The Morgan fingerprint density at radius 2 is 1.85 bits per heavy atom. The maximum Gasteiger partial charge on any atom is 0.249 e. The van der Waals surface area contributed by atoms with E-state index in [1.165, 1.54) is 17.0 Å². The molecule has 0 aliphatic carbocycles. The molecular weight excluding hydrogens is 340 g/mol. The molecule has 1 atom stereocenters. The third-order valence-electron chi connectivity index (χ3n) is 4.36. The summed E-state index contributed by atoms with van der Waals surface area (Å²) in [5, 5.41) is 3.98. The molecule has 0 bridgehead atoms. The van der Waals surface area contributed by atoms with Crippen molar-refractivity contribution in [2.75, 3.05) is 0 Å². The number of nitrogens with zero attached hydrogens (tertiary/aromatic N) is 3. The fourth-order valence-electron chi connectivity index (χ4n) is 3.16. The second-order valence-electron chi connectivity index (χ2n) is 6.18. The number of halogens is 2. The lowest BCUT2D eigenvalue weighted by Gasteiger charge is -2.22. The molecule has 2 heterocycles. The highest BCUT2D eigenvalue weighted by Crippen LogP contribution is 2.34. The zero-order valence-electron chi connectivity index (χ0n) is 13.7. The van der Waals surface area contributed by atoms with Gasteiger partial charge in [0.25, 0.3) is 0 Å². The first-order valence-electron chi connectivity index (χ1n) is 8.23. The van der Waals surface area contributed by atoms with Gasteiger partial charge in [0.1, 0.15) is 17.7 Å². The normalized spacial score (nSPS) is 17.1. The predicted octanol–water partition coefficient (Wildman–Crippen LogP) is 3.88. The van der Waals surface area contributed by atoms with E-state index in [0.717, 1.165) is 11.6 Å². The topological polar surface area (TPSA) is 59.2 Å². The van der Waals surface area contributed by atoms with E-state index in [0.29, 0.717) is 30.1 Å². The minimum atomic E-state index is -0.674. The molecular formula is C19H15F2N3O2. The smallest absolute Gasteiger partial charge is 0.249 e. The number of carbonyl (C=O) groups excluding carboxylic acids is 1. The van der Waals surface area contributed by atoms with Crippen molar-refractivity contribution >= 4 is 5.91 Å². The number of carbonyl (C=O) groups is 1. The summed E-state index contributed by atoms with van der Waals surface area (Å²) < 4.78 is 32.2. The van der Waals surface area contributed by atoms with E-state index in [1.54, 1.807) is 0 Å². The summed E-state index contributed by atoms with van der Waals surface area (Å²) in [6, 6.07) is 12.2. The lowest BCUT2D eigenvalue weighted by Crippen LogP contribution is -2.27. The standard InChI is InChI=1S/C19H15F2N3O2/c20-14-8-12(9-15(21)10-14)11-24-16(6-7-17(24)25)19-22-18(23-26-19)13-4-2-1-3-5-13/h1-5,8-10,16H,6-7,11H2. The number of amides is 1. The molecule has 26 heavy (non-hydrogen) atoms. The average molecular weight is 355 g/mol. The second kappa shape index (κ2) is 6.67. The molecule has 1 fully saturated rings. The van der Waals surface area contributed by atoms with E-state index in [9.17, 15) is 13.6 Å². The van der Waals surface area contributed by atoms with E-state index in [2.05, 4.69) is 10.1 Å². The Balaban J connectivity index is 1.59. The molecule has 0 spiro atoms. The number of hydrogen-bond acceptors (Lipinski definition) is 4. The number of benzene rings is 2. The van der Waals surface area contributed by atoms with Crippen LogP contribution in [0.2, 0.25) is 0 Å². The molecule has 1 aliphatic rings. The Morgan fingerprint density at radius 3 is 2.58 bits per heavy atom. The van der Waals surface area contributed by atoms with Crippen LogP contribution in [0.5, 0.6) is 0 Å². The quantitative estimate of drug-likeness (QED) is 0.713. The fraction of sp³-hybridized carbons (Fsp3) is 0.211. The van der Waals surface area contributed by atoms with Gasteiger partial charge in [0.05, 0.1) is 0 Å². The van der Waals surface area contributed by atoms with Crippen LogP contribution in [0, 0.1) is 11.6 Å². The highest BCUT2D eigenvalue weighted by Gasteiger charge is 2.36.